The van der Waals surface area contributed by atoms with Crippen LogP contribution in [0.4, 0.5) is 4.79 Å². The van der Waals surface area contributed by atoms with Crippen molar-refractivity contribution in [1.82, 2.24) is 10.2 Å². The van der Waals surface area contributed by atoms with Crippen molar-refractivity contribution >= 4 is 17.9 Å². The minimum Gasteiger partial charge on any atom is -0.444 e. The van der Waals surface area contributed by atoms with Gasteiger partial charge in [-0.05, 0) is 33.6 Å². The first-order valence-electron chi connectivity index (χ1n) is 6.27. The summed E-state index contributed by atoms with van der Waals surface area (Å²) < 4.78 is 5.28. The van der Waals surface area contributed by atoms with Gasteiger partial charge in [-0.3, -0.25) is 14.5 Å². The maximum atomic E-state index is 12.2. The first-order valence-corrected chi connectivity index (χ1v) is 6.27. The molecule has 2 aliphatic rings. The quantitative estimate of drug-likeness (QED) is 0.640. The van der Waals surface area contributed by atoms with E-state index in [-0.39, 0.29) is 5.91 Å². The van der Waals surface area contributed by atoms with Crippen LogP contribution in [0.15, 0.2) is 0 Å². The molecule has 0 bridgehead atoms. The minimum absolute atomic E-state index is 0.248. The molecule has 0 aromatic heterocycles. The Bertz CT molecular complexity index is 443. The fourth-order valence-corrected chi connectivity index (χ4v) is 2.57. The van der Waals surface area contributed by atoms with E-state index in [2.05, 4.69) is 5.32 Å². The number of carbonyl (C=O) groups is 3. The van der Waals surface area contributed by atoms with Gasteiger partial charge in [0.2, 0.25) is 11.8 Å². The highest BCUT2D eigenvalue weighted by molar-refractivity contribution is 5.98. The SMILES string of the molecule is CC(C)(C)OC(=O)N1C(C(N)=O)CCC12CNC2=O. The second-order valence-electron chi connectivity index (χ2n) is 6.02. The van der Waals surface area contributed by atoms with Gasteiger partial charge in [0.05, 0.1) is 6.54 Å². The second kappa shape index (κ2) is 4.11. The predicted molar refractivity (Wildman–Crippen MR) is 66.0 cm³/mol. The Morgan fingerprint density at radius 3 is 2.47 bits per heavy atom. The van der Waals surface area contributed by atoms with Crippen LogP contribution in [0.1, 0.15) is 33.6 Å². The largest absolute Gasteiger partial charge is 0.444 e. The molecule has 0 aromatic rings. The first kappa shape index (κ1) is 13.6. The molecule has 2 saturated heterocycles. The van der Waals surface area contributed by atoms with Crippen molar-refractivity contribution in [3.8, 4) is 0 Å². The molecule has 2 rings (SSSR count). The van der Waals surface area contributed by atoms with E-state index in [1.807, 2.05) is 0 Å². The maximum absolute atomic E-state index is 12.2. The fourth-order valence-electron chi connectivity index (χ4n) is 2.57. The summed E-state index contributed by atoms with van der Waals surface area (Å²) in [7, 11) is 0. The van der Waals surface area contributed by atoms with Crippen LogP contribution in [0.3, 0.4) is 0 Å². The maximum Gasteiger partial charge on any atom is 0.411 e. The van der Waals surface area contributed by atoms with Crippen molar-refractivity contribution in [2.45, 2.75) is 50.8 Å². The van der Waals surface area contributed by atoms with Crippen molar-refractivity contribution in [2.75, 3.05) is 6.54 Å². The van der Waals surface area contributed by atoms with Gasteiger partial charge >= 0.3 is 6.09 Å². The van der Waals surface area contributed by atoms with E-state index in [9.17, 15) is 14.4 Å². The standard InChI is InChI=1S/C12H19N3O4/c1-11(2,3)19-10(18)15-7(8(13)16)4-5-12(15)6-14-9(12)17/h7H,4-6H2,1-3H3,(H2,13,16)(H,14,17). The number of β-lactam (4-membered cyclic amide) rings is 1. The summed E-state index contributed by atoms with van der Waals surface area (Å²) in [5.41, 5.74) is 3.67. The summed E-state index contributed by atoms with van der Waals surface area (Å²) in [6, 6.07) is -0.777. The summed E-state index contributed by atoms with van der Waals surface area (Å²) in [5, 5.41) is 2.61. The number of nitrogens with one attached hydrogen (secondary N) is 1. The van der Waals surface area contributed by atoms with E-state index >= 15 is 0 Å². The molecule has 19 heavy (non-hydrogen) atoms. The number of amides is 3. The normalized spacial score (nSPS) is 29.9. The highest BCUT2D eigenvalue weighted by Gasteiger charge is 2.61. The molecule has 106 valence electrons. The summed E-state index contributed by atoms with van der Waals surface area (Å²) >= 11 is 0. The molecule has 2 atom stereocenters. The Morgan fingerprint density at radius 1 is 1.47 bits per heavy atom. The molecule has 0 aliphatic carbocycles. The summed E-state index contributed by atoms with van der Waals surface area (Å²) in [6.45, 7) is 5.53. The van der Waals surface area contributed by atoms with Gasteiger partial charge in [-0.2, -0.15) is 0 Å². The van der Waals surface area contributed by atoms with Crippen molar-refractivity contribution < 1.29 is 19.1 Å². The van der Waals surface area contributed by atoms with Gasteiger partial charge in [0.25, 0.3) is 0 Å². The minimum atomic E-state index is -0.956. The number of carbonyl (C=O) groups excluding carboxylic acids is 3. The number of primary amides is 1. The van der Waals surface area contributed by atoms with Crippen LogP contribution in [-0.4, -0.2) is 46.5 Å². The third-order valence-corrected chi connectivity index (χ3v) is 3.49. The highest BCUT2D eigenvalue weighted by atomic mass is 16.6. The molecule has 3 N–H and O–H groups in total. The van der Waals surface area contributed by atoms with Gasteiger partial charge in [0, 0.05) is 0 Å². The average Bonchev–Trinajstić information content (AvgIpc) is 2.67. The number of hydrogen-bond acceptors (Lipinski definition) is 4. The van der Waals surface area contributed by atoms with E-state index in [1.54, 1.807) is 20.8 Å². The monoisotopic (exact) mass is 269 g/mol. The van der Waals surface area contributed by atoms with Gasteiger partial charge in [-0.15, -0.1) is 0 Å². The number of hydrogen-bond donors (Lipinski definition) is 2. The molecular formula is C12H19N3O4. The number of nitrogens with zero attached hydrogens (tertiary/aromatic N) is 1. The lowest BCUT2D eigenvalue weighted by molar-refractivity contribution is -0.143. The van der Waals surface area contributed by atoms with Crippen molar-refractivity contribution in [2.24, 2.45) is 5.73 Å². The number of likely N-dealkylation sites (tertiary alicyclic amines) is 1. The van der Waals surface area contributed by atoms with E-state index in [0.29, 0.717) is 19.4 Å². The van der Waals surface area contributed by atoms with Crippen LogP contribution in [0, 0.1) is 0 Å². The zero-order chi connectivity index (χ0) is 14.4. The van der Waals surface area contributed by atoms with E-state index in [0.717, 1.165) is 0 Å². The number of nitrogens with two attached hydrogens (primary N) is 1. The summed E-state index contributed by atoms with van der Waals surface area (Å²) in [5.74, 6) is -0.857. The summed E-state index contributed by atoms with van der Waals surface area (Å²) in [6.07, 6.45) is 0.164. The van der Waals surface area contributed by atoms with Gasteiger partial charge in [0.15, 0.2) is 0 Å². The Morgan fingerprint density at radius 2 is 2.11 bits per heavy atom. The van der Waals surface area contributed by atoms with E-state index in [4.69, 9.17) is 10.5 Å². The lowest BCUT2D eigenvalue weighted by Crippen LogP contribution is -2.73. The highest BCUT2D eigenvalue weighted by Crippen LogP contribution is 2.38. The van der Waals surface area contributed by atoms with Gasteiger partial charge in [-0.25, -0.2) is 4.79 Å². The zero-order valence-electron chi connectivity index (χ0n) is 11.4. The average molecular weight is 269 g/mol. The molecule has 0 radical (unpaired) electrons. The molecule has 7 nitrogen and oxygen atoms in total. The Hall–Kier alpha value is -1.79. The molecule has 7 heteroatoms. The Labute approximate surface area is 111 Å². The lowest BCUT2D eigenvalue weighted by Gasteiger charge is -2.45. The molecule has 2 fully saturated rings. The first-order chi connectivity index (χ1) is 8.67. The molecule has 2 unspecified atom stereocenters. The van der Waals surface area contributed by atoms with Gasteiger partial charge in [0.1, 0.15) is 17.2 Å². The molecule has 2 aliphatic heterocycles. The van der Waals surface area contributed by atoms with E-state index < -0.39 is 29.2 Å². The van der Waals surface area contributed by atoms with Crippen LogP contribution < -0.4 is 11.1 Å². The summed E-state index contributed by atoms with van der Waals surface area (Å²) in [4.78, 5) is 36.7. The molecule has 3 amide bonds. The fraction of sp³-hybridized carbons (Fsp3) is 0.750. The third-order valence-electron chi connectivity index (χ3n) is 3.49. The van der Waals surface area contributed by atoms with Crippen molar-refractivity contribution in [3.05, 3.63) is 0 Å². The zero-order valence-corrected chi connectivity index (χ0v) is 11.4. The predicted octanol–water partition coefficient (Wildman–Crippen LogP) is -0.260. The van der Waals surface area contributed by atoms with Crippen LogP contribution in [0.5, 0.6) is 0 Å². The third kappa shape index (κ3) is 2.13. The van der Waals surface area contributed by atoms with Crippen LogP contribution in [0.2, 0.25) is 0 Å². The topological polar surface area (TPSA) is 102 Å². The van der Waals surface area contributed by atoms with Crippen LogP contribution >= 0.6 is 0 Å². The Balaban J connectivity index is 2.27. The lowest BCUT2D eigenvalue weighted by atomic mass is 9.88. The molecule has 1 spiro atoms. The molecule has 2 heterocycles. The van der Waals surface area contributed by atoms with E-state index in [1.165, 1.54) is 4.90 Å². The molecular weight excluding hydrogens is 250 g/mol. The Kier molecular flexibility index (Phi) is 2.95. The van der Waals surface area contributed by atoms with Gasteiger partial charge < -0.3 is 15.8 Å². The number of rotatable bonds is 1. The second-order valence-corrected chi connectivity index (χ2v) is 6.02. The van der Waals surface area contributed by atoms with Crippen LogP contribution in [-0.2, 0) is 14.3 Å². The van der Waals surface area contributed by atoms with Gasteiger partial charge in [-0.1, -0.05) is 0 Å². The smallest absolute Gasteiger partial charge is 0.411 e. The van der Waals surface area contributed by atoms with Crippen molar-refractivity contribution in [3.63, 3.8) is 0 Å². The molecule has 0 aromatic carbocycles. The van der Waals surface area contributed by atoms with Crippen LogP contribution in [0.25, 0.3) is 0 Å². The number of ether oxygens (including phenoxy) is 1. The van der Waals surface area contributed by atoms with Crippen molar-refractivity contribution in [1.29, 1.82) is 0 Å². The molecule has 0 saturated carbocycles.